The zero-order valence-corrected chi connectivity index (χ0v) is 19.8. The number of ketones is 1. The van der Waals surface area contributed by atoms with Gasteiger partial charge in [0.05, 0.1) is 20.8 Å². The van der Waals surface area contributed by atoms with Crippen LogP contribution in [0.2, 0.25) is 0 Å². The molecule has 194 valence electrons. The van der Waals surface area contributed by atoms with Crippen molar-refractivity contribution in [2.75, 3.05) is 53.6 Å². The Labute approximate surface area is 205 Å². The Balaban J connectivity index is 1.88. The van der Waals surface area contributed by atoms with Crippen molar-refractivity contribution in [2.24, 2.45) is 0 Å². The number of aliphatic hydroxyl groups excluding tert-OH is 1. The number of carbonyl (C=O) groups excluding carboxylic acids is 2. The van der Waals surface area contributed by atoms with Gasteiger partial charge in [0.2, 0.25) is 0 Å². The van der Waals surface area contributed by atoms with E-state index in [1.165, 1.54) is 12.1 Å². The molecule has 1 saturated heterocycles. The molecule has 36 heavy (non-hydrogen) atoms. The summed E-state index contributed by atoms with van der Waals surface area (Å²) in [6, 6.07) is 5.30. The molecule has 3 rings (SSSR count). The van der Waals surface area contributed by atoms with E-state index in [0.29, 0.717) is 38.8 Å². The van der Waals surface area contributed by atoms with Crippen molar-refractivity contribution >= 4 is 17.8 Å². The van der Waals surface area contributed by atoms with Crippen LogP contribution in [0.4, 0.5) is 17.6 Å². The van der Waals surface area contributed by atoms with Crippen molar-refractivity contribution in [2.45, 2.75) is 6.18 Å². The molecule has 0 bridgehead atoms. The first-order chi connectivity index (χ1) is 17.1. The molecule has 0 spiro atoms. The molecule has 1 fully saturated rings. The minimum Gasteiger partial charge on any atom is -0.493 e. The van der Waals surface area contributed by atoms with Crippen LogP contribution < -0.4 is 9.47 Å². The molecule has 2 aromatic rings. The van der Waals surface area contributed by atoms with Crippen molar-refractivity contribution in [3.63, 3.8) is 0 Å². The zero-order valence-electron chi connectivity index (χ0n) is 19.8. The zero-order chi connectivity index (χ0) is 26.5. The topological polar surface area (TPSA) is 79.3 Å². The molecule has 1 aliphatic rings. The number of halogens is 4. The normalized spacial score (nSPS) is 14.8. The smallest absolute Gasteiger partial charge is 0.420 e. The number of hydrogen-bond donors (Lipinski definition) is 1. The van der Waals surface area contributed by atoms with Crippen LogP contribution >= 0.6 is 0 Å². The second-order valence-corrected chi connectivity index (χ2v) is 8.04. The summed E-state index contributed by atoms with van der Waals surface area (Å²) in [7, 11) is 2.22. The molecule has 1 heterocycles. The molecule has 0 radical (unpaired) electrons. The van der Waals surface area contributed by atoms with Crippen LogP contribution in [0.1, 0.15) is 31.8 Å². The van der Waals surface area contributed by atoms with Crippen molar-refractivity contribution in [3.8, 4) is 11.5 Å². The summed E-state index contributed by atoms with van der Waals surface area (Å²) in [6.45, 7) is 2.35. The molecule has 2 aromatic carbocycles. The van der Waals surface area contributed by atoms with Gasteiger partial charge in [-0.05, 0) is 35.9 Å². The number of hydrogen-bond acceptors (Lipinski definition) is 6. The first-order valence-electron chi connectivity index (χ1n) is 11.1. The van der Waals surface area contributed by atoms with Crippen LogP contribution in [-0.2, 0) is 6.18 Å². The molecule has 1 aliphatic heterocycles. The monoisotopic (exact) mass is 510 g/mol. The second-order valence-electron chi connectivity index (χ2n) is 8.04. The summed E-state index contributed by atoms with van der Waals surface area (Å²) < 4.78 is 64.3. The fourth-order valence-electron chi connectivity index (χ4n) is 3.92. The average Bonchev–Trinajstić information content (AvgIpc) is 2.86. The Morgan fingerprint density at radius 2 is 1.75 bits per heavy atom. The number of amides is 1. The molecular weight excluding hydrogens is 484 g/mol. The lowest BCUT2D eigenvalue weighted by molar-refractivity contribution is -0.138. The van der Waals surface area contributed by atoms with Gasteiger partial charge in [0.15, 0.2) is 17.3 Å². The van der Waals surface area contributed by atoms with Gasteiger partial charge >= 0.3 is 6.18 Å². The molecule has 7 nitrogen and oxygen atoms in total. The summed E-state index contributed by atoms with van der Waals surface area (Å²) >= 11 is 0. The lowest BCUT2D eigenvalue weighted by atomic mass is 10.0. The van der Waals surface area contributed by atoms with E-state index in [1.54, 1.807) is 4.90 Å². The summed E-state index contributed by atoms with van der Waals surface area (Å²) in [5.41, 5.74) is -1.20. The summed E-state index contributed by atoms with van der Waals surface area (Å²) in [4.78, 5) is 29.4. The lowest BCUT2D eigenvalue weighted by Gasteiger charge is -2.34. The van der Waals surface area contributed by atoms with E-state index in [-0.39, 0.29) is 29.0 Å². The van der Waals surface area contributed by atoms with Crippen molar-refractivity contribution < 1.29 is 41.7 Å². The van der Waals surface area contributed by atoms with E-state index in [1.807, 2.05) is 4.90 Å². The Hall–Kier alpha value is -3.44. The fraction of sp³-hybridized carbons (Fsp3) is 0.360. The van der Waals surface area contributed by atoms with Crippen LogP contribution in [0, 0.1) is 5.82 Å². The van der Waals surface area contributed by atoms with Crippen LogP contribution in [0.5, 0.6) is 11.5 Å². The molecule has 1 N–H and O–H groups in total. The lowest BCUT2D eigenvalue weighted by Crippen LogP contribution is -2.49. The van der Waals surface area contributed by atoms with E-state index in [0.717, 1.165) is 38.5 Å². The van der Waals surface area contributed by atoms with E-state index < -0.39 is 35.0 Å². The molecule has 1 amide bonds. The van der Waals surface area contributed by atoms with Gasteiger partial charge in [-0.3, -0.25) is 14.5 Å². The molecular formula is C25H26F4N2O5. The predicted molar refractivity (Wildman–Crippen MR) is 124 cm³/mol. The molecule has 0 atom stereocenters. The van der Waals surface area contributed by atoms with Gasteiger partial charge in [0.25, 0.3) is 5.91 Å². The third-order valence-corrected chi connectivity index (χ3v) is 5.80. The number of piperazine rings is 1. The van der Waals surface area contributed by atoms with Gasteiger partial charge in [-0.1, -0.05) is 12.1 Å². The van der Waals surface area contributed by atoms with Crippen molar-refractivity contribution in [1.82, 2.24) is 9.80 Å². The minimum atomic E-state index is -4.80. The number of benzene rings is 2. The molecule has 0 unspecified atom stereocenters. The molecule has 11 heteroatoms. The number of rotatable bonds is 8. The third kappa shape index (κ3) is 6.21. The first kappa shape index (κ1) is 27.2. The van der Waals surface area contributed by atoms with E-state index in [9.17, 15) is 27.2 Å². The number of methoxy groups -OCH3 is 2. The highest BCUT2D eigenvalue weighted by atomic mass is 19.4. The Morgan fingerprint density at radius 1 is 1.06 bits per heavy atom. The van der Waals surface area contributed by atoms with Gasteiger partial charge in [0, 0.05) is 43.9 Å². The predicted octanol–water partition coefficient (Wildman–Crippen LogP) is 3.51. The number of allylic oxidation sites excluding steroid dienone is 1. The largest absolute Gasteiger partial charge is 0.493 e. The van der Waals surface area contributed by atoms with Gasteiger partial charge in [0.1, 0.15) is 11.4 Å². The quantitative estimate of drug-likeness (QED) is 0.333. The number of carbonyl (C=O) groups is 2. The summed E-state index contributed by atoms with van der Waals surface area (Å²) in [5.74, 6) is -2.66. The van der Waals surface area contributed by atoms with Gasteiger partial charge in [-0.2, -0.15) is 13.2 Å². The maximum absolute atomic E-state index is 14.0. The maximum atomic E-state index is 14.0. The molecule has 0 aromatic heterocycles. The first-order valence-corrected chi connectivity index (χ1v) is 11.1. The van der Waals surface area contributed by atoms with Crippen molar-refractivity contribution in [3.05, 3.63) is 64.5 Å². The van der Waals surface area contributed by atoms with Crippen LogP contribution in [-0.4, -0.2) is 80.1 Å². The average molecular weight is 510 g/mol. The van der Waals surface area contributed by atoms with Gasteiger partial charge < -0.3 is 19.5 Å². The van der Waals surface area contributed by atoms with Crippen LogP contribution in [0.15, 0.2) is 36.4 Å². The Morgan fingerprint density at radius 3 is 2.33 bits per heavy atom. The minimum absolute atomic E-state index is 0.00531. The summed E-state index contributed by atoms with van der Waals surface area (Å²) in [5, 5.41) is 9.07. The Bertz CT molecular complexity index is 1140. The maximum Gasteiger partial charge on any atom is 0.420 e. The molecule has 0 aliphatic carbocycles. The van der Waals surface area contributed by atoms with Crippen LogP contribution in [0.25, 0.3) is 6.08 Å². The molecule has 0 saturated carbocycles. The highest BCUT2D eigenvalue weighted by Crippen LogP contribution is 2.42. The third-order valence-electron chi connectivity index (χ3n) is 5.80. The van der Waals surface area contributed by atoms with Crippen LogP contribution in [0.3, 0.4) is 0 Å². The highest BCUT2D eigenvalue weighted by Gasteiger charge is 2.37. The Kier molecular flexibility index (Phi) is 8.70. The number of alkyl halides is 3. The van der Waals surface area contributed by atoms with E-state index in [4.69, 9.17) is 14.6 Å². The number of ether oxygens (including phenoxy) is 2. The summed E-state index contributed by atoms with van der Waals surface area (Å²) in [6.07, 6.45) is -2.51. The standard InChI is InChI=1S/C25H26F4N2O5/c1-35-22-14-17(13-20(23(22)36-2)25(27,28)29)21(33)6-4-16-3-5-18(26)15-19(16)24(34)31-9-7-30(8-10-31)11-12-32/h3-6,13-15,32H,7-12H2,1-2H3/b6-4+. The van der Waals surface area contributed by atoms with Gasteiger partial charge in [-0.15, -0.1) is 0 Å². The number of aliphatic hydroxyl groups is 1. The van der Waals surface area contributed by atoms with E-state index >= 15 is 0 Å². The fourth-order valence-corrected chi connectivity index (χ4v) is 3.92. The second kappa shape index (κ2) is 11.5. The number of nitrogens with zero attached hydrogens (tertiary/aromatic N) is 2. The highest BCUT2D eigenvalue weighted by molar-refractivity contribution is 6.08. The van der Waals surface area contributed by atoms with E-state index in [2.05, 4.69) is 0 Å². The number of β-amino-alcohol motifs (C(OH)–C–C–N with tert-alkyl or cyclic N) is 1. The van der Waals surface area contributed by atoms with Crippen molar-refractivity contribution in [1.29, 1.82) is 0 Å². The van der Waals surface area contributed by atoms with Gasteiger partial charge in [-0.25, -0.2) is 4.39 Å². The SMILES string of the molecule is COc1cc(C(=O)/C=C/c2ccc(F)cc2C(=O)N2CCN(CCO)CC2)cc(C(F)(F)F)c1OC.